The Morgan fingerprint density at radius 3 is 2.29 bits per heavy atom. The minimum absolute atomic E-state index is 0.0886. The van der Waals surface area contributed by atoms with E-state index in [0.717, 1.165) is 19.3 Å². The summed E-state index contributed by atoms with van der Waals surface area (Å²) >= 11 is 0. The SMILES string of the molecule is CCCCC(CC)CC(=O)C(CN)CC(C)C. The van der Waals surface area contributed by atoms with Crippen LogP contribution in [0.3, 0.4) is 0 Å². The number of ketones is 1. The Balaban J connectivity index is 4.16. The Labute approximate surface area is 107 Å². The molecule has 0 aromatic heterocycles. The largest absolute Gasteiger partial charge is 0.330 e. The van der Waals surface area contributed by atoms with Gasteiger partial charge in [0.15, 0.2) is 0 Å². The van der Waals surface area contributed by atoms with Gasteiger partial charge in [-0.25, -0.2) is 0 Å². The van der Waals surface area contributed by atoms with Crippen molar-refractivity contribution in [3.63, 3.8) is 0 Å². The Morgan fingerprint density at radius 2 is 1.88 bits per heavy atom. The molecule has 0 aliphatic carbocycles. The maximum absolute atomic E-state index is 12.2. The van der Waals surface area contributed by atoms with Crippen molar-refractivity contribution < 1.29 is 4.79 Å². The maximum Gasteiger partial charge on any atom is 0.137 e. The van der Waals surface area contributed by atoms with Crippen LogP contribution in [0.2, 0.25) is 0 Å². The molecule has 2 heteroatoms. The van der Waals surface area contributed by atoms with Crippen molar-refractivity contribution in [1.82, 2.24) is 0 Å². The summed E-state index contributed by atoms with van der Waals surface area (Å²) in [6.45, 7) is 9.22. The molecule has 0 amide bonds. The molecule has 0 bridgehead atoms. The topological polar surface area (TPSA) is 43.1 Å². The molecule has 102 valence electrons. The summed E-state index contributed by atoms with van der Waals surface area (Å²) in [7, 11) is 0. The van der Waals surface area contributed by atoms with E-state index in [9.17, 15) is 4.79 Å². The zero-order valence-electron chi connectivity index (χ0n) is 12.2. The highest BCUT2D eigenvalue weighted by Gasteiger charge is 2.20. The third kappa shape index (κ3) is 7.54. The molecule has 0 saturated carbocycles. The van der Waals surface area contributed by atoms with Crippen LogP contribution in [0.5, 0.6) is 0 Å². The third-order valence-corrected chi connectivity index (χ3v) is 3.53. The van der Waals surface area contributed by atoms with Crippen LogP contribution < -0.4 is 5.73 Å². The highest BCUT2D eigenvalue weighted by molar-refractivity contribution is 5.81. The molecule has 2 nitrogen and oxygen atoms in total. The fourth-order valence-corrected chi connectivity index (χ4v) is 2.32. The van der Waals surface area contributed by atoms with E-state index in [4.69, 9.17) is 5.73 Å². The predicted molar refractivity (Wildman–Crippen MR) is 74.9 cm³/mol. The van der Waals surface area contributed by atoms with Crippen molar-refractivity contribution in [3.05, 3.63) is 0 Å². The number of Topliss-reactive ketones (excluding diaryl/α,β-unsaturated/α-hetero) is 1. The van der Waals surface area contributed by atoms with Gasteiger partial charge < -0.3 is 5.73 Å². The second kappa shape index (κ2) is 9.64. The zero-order chi connectivity index (χ0) is 13.3. The van der Waals surface area contributed by atoms with Gasteiger partial charge in [0.25, 0.3) is 0 Å². The van der Waals surface area contributed by atoms with Crippen LogP contribution in [0.1, 0.15) is 66.2 Å². The van der Waals surface area contributed by atoms with E-state index in [1.54, 1.807) is 0 Å². The number of carbonyl (C=O) groups is 1. The van der Waals surface area contributed by atoms with E-state index in [1.807, 2.05) is 0 Å². The monoisotopic (exact) mass is 241 g/mol. The summed E-state index contributed by atoms with van der Waals surface area (Å²) in [5, 5.41) is 0. The van der Waals surface area contributed by atoms with Gasteiger partial charge in [0.05, 0.1) is 0 Å². The average Bonchev–Trinajstić information content (AvgIpc) is 2.30. The predicted octanol–water partition coefficient (Wildman–Crippen LogP) is 3.78. The number of carbonyl (C=O) groups excluding carboxylic acids is 1. The van der Waals surface area contributed by atoms with Crippen molar-refractivity contribution in [3.8, 4) is 0 Å². The number of rotatable bonds is 10. The lowest BCUT2D eigenvalue weighted by atomic mass is 9.86. The molecule has 0 aliphatic rings. The normalized spacial score (nSPS) is 14.9. The number of nitrogens with two attached hydrogens (primary N) is 1. The zero-order valence-corrected chi connectivity index (χ0v) is 12.2. The van der Waals surface area contributed by atoms with Gasteiger partial charge >= 0.3 is 0 Å². The number of unbranched alkanes of at least 4 members (excludes halogenated alkanes) is 1. The molecule has 2 unspecified atom stereocenters. The molecule has 0 aliphatic heterocycles. The maximum atomic E-state index is 12.2. The van der Waals surface area contributed by atoms with Crippen molar-refractivity contribution in [2.75, 3.05) is 6.54 Å². The first-order valence-corrected chi connectivity index (χ1v) is 7.27. The first-order valence-electron chi connectivity index (χ1n) is 7.27. The lowest BCUT2D eigenvalue weighted by Gasteiger charge is -2.19. The van der Waals surface area contributed by atoms with E-state index in [2.05, 4.69) is 27.7 Å². The summed E-state index contributed by atoms with van der Waals surface area (Å²) in [6.07, 6.45) is 6.45. The Morgan fingerprint density at radius 1 is 1.24 bits per heavy atom. The second-order valence-electron chi connectivity index (χ2n) is 5.65. The molecule has 0 heterocycles. The minimum atomic E-state index is 0.0886. The summed E-state index contributed by atoms with van der Waals surface area (Å²) in [5.74, 6) is 1.61. The Bertz CT molecular complexity index is 201. The van der Waals surface area contributed by atoms with Crippen molar-refractivity contribution in [2.45, 2.75) is 66.2 Å². The van der Waals surface area contributed by atoms with Crippen LogP contribution in [0, 0.1) is 17.8 Å². The molecule has 0 saturated heterocycles. The Hall–Kier alpha value is -0.370. The van der Waals surface area contributed by atoms with Gasteiger partial charge in [0.1, 0.15) is 5.78 Å². The molecule has 17 heavy (non-hydrogen) atoms. The van der Waals surface area contributed by atoms with Crippen molar-refractivity contribution in [2.24, 2.45) is 23.5 Å². The number of hydrogen-bond donors (Lipinski definition) is 1. The van der Waals surface area contributed by atoms with Crippen LogP contribution in [0.25, 0.3) is 0 Å². The van der Waals surface area contributed by atoms with Gasteiger partial charge in [0, 0.05) is 18.9 Å². The van der Waals surface area contributed by atoms with Crippen LogP contribution in [-0.4, -0.2) is 12.3 Å². The molecule has 0 spiro atoms. The standard InChI is InChI=1S/C15H31NO/c1-5-7-8-13(6-2)10-15(17)14(11-16)9-12(3)4/h12-14H,5-11,16H2,1-4H3. The fourth-order valence-electron chi connectivity index (χ4n) is 2.32. The molecule has 0 rings (SSSR count). The van der Waals surface area contributed by atoms with Gasteiger partial charge in [-0.2, -0.15) is 0 Å². The van der Waals surface area contributed by atoms with Gasteiger partial charge in [-0.05, 0) is 18.3 Å². The summed E-state index contributed by atoms with van der Waals surface area (Å²) in [6, 6.07) is 0. The Kier molecular flexibility index (Phi) is 9.43. The summed E-state index contributed by atoms with van der Waals surface area (Å²) in [5.41, 5.74) is 5.72. The molecule has 0 aromatic carbocycles. The molecule has 2 N–H and O–H groups in total. The molecule has 2 atom stereocenters. The van der Waals surface area contributed by atoms with Gasteiger partial charge in [-0.1, -0.05) is 53.4 Å². The molecule has 0 aromatic rings. The number of hydrogen-bond acceptors (Lipinski definition) is 2. The van der Waals surface area contributed by atoms with Crippen LogP contribution >= 0.6 is 0 Å². The van der Waals surface area contributed by atoms with E-state index in [1.165, 1.54) is 19.3 Å². The third-order valence-electron chi connectivity index (χ3n) is 3.53. The van der Waals surface area contributed by atoms with Gasteiger partial charge in [-0.3, -0.25) is 4.79 Å². The van der Waals surface area contributed by atoms with Crippen LogP contribution in [-0.2, 0) is 4.79 Å². The smallest absolute Gasteiger partial charge is 0.137 e. The highest BCUT2D eigenvalue weighted by Crippen LogP contribution is 2.21. The molecular weight excluding hydrogens is 210 g/mol. The average molecular weight is 241 g/mol. The fraction of sp³-hybridized carbons (Fsp3) is 0.933. The van der Waals surface area contributed by atoms with E-state index < -0.39 is 0 Å². The first kappa shape index (κ1) is 16.6. The van der Waals surface area contributed by atoms with Crippen molar-refractivity contribution in [1.29, 1.82) is 0 Å². The first-order chi connectivity index (χ1) is 8.04. The van der Waals surface area contributed by atoms with Gasteiger partial charge in [-0.15, -0.1) is 0 Å². The van der Waals surface area contributed by atoms with Crippen LogP contribution in [0.15, 0.2) is 0 Å². The molecule has 0 fully saturated rings. The van der Waals surface area contributed by atoms with E-state index >= 15 is 0 Å². The molecular formula is C15H31NO. The lowest BCUT2D eigenvalue weighted by molar-refractivity contribution is -0.124. The molecule has 0 radical (unpaired) electrons. The van der Waals surface area contributed by atoms with Gasteiger partial charge in [0.2, 0.25) is 0 Å². The summed E-state index contributed by atoms with van der Waals surface area (Å²) in [4.78, 5) is 12.2. The highest BCUT2D eigenvalue weighted by atomic mass is 16.1. The van der Waals surface area contributed by atoms with Crippen molar-refractivity contribution >= 4 is 5.78 Å². The lowest BCUT2D eigenvalue weighted by Crippen LogP contribution is -2.26. The van der Waals surface area contributed by atoms with Crippen LogP contribution in [0.4, 0.5) is 0 Å². The minimum Gasteiger partial charge on any atom is -0.330 e. The summed E-state index contributed by atoms with van der Waals surface area (Å²) < 4.78 is 0. The quantitative estimate of drug-likeness (QED) is 0.632. The van der Waals surface area contributed by atoms with E-state index in [0.29, 0.717) is 24.2 Å². The second-order valence-corrected chi connectivity index (χ2v) is 5.65. The van der Waals surface area contributed by atoms with E-state index in [-0.39, 0.29) is 5.92 Å².